The molecule has 1 aliphatic heterocycles. The molecule has 0 aromatic carbocycles. The van der Waals surface area contributed by atoms with E-state index >= 15 is 0 Å². The maximum atomic E-state index is 12.1. The molecule has 0 N–H and O–H groups in total. The van der Waals surface area contributed by atoms with E-state index in [4.69, 9.17) is 9.15 Å². The first-order valence-electron chi connectivity index (χ1n) is 7.52. The third-order valence-electron chi connectivity index (χ3n) is 4.05. The highest BCUT2D eigenvalue weighted by molar-refractivity contribution is 5.93. The lowest BCUT2D eigenvalue weighted by Crippen LogP contribution is -2.35. The standard InChI is InChI=1S/C16H23NO4/c1-11-12(2)21-13(3)15(11)16(19)20-10-14(18)17-8-6-4-5-7-9-17/h4-10H2,1-3H3. The van der Waals surface area contributed by atoms with Crippen molar-refractivity contribution < 1.29 is 18.7 Å². The van der Waals surface area contributed by atoms with Crippen LogP contribution in [0.5, 0.6) is 0 Å². The highest BCUT2D eigenvalue weighted by Gasteiger charge is 2.22. The predicted octanol–water partition coefficient (Wildman–Crippen LogP) is 2.76. The molecule has 1 fully saturated rings. The lowest BCUT2D eigenvalue weighted by atomic mass is 10.1. The van der Waals surface area contributed by atoms with Gasteiger partial charge in [-0.05, 0) is 33.6 Å². The second-order valence-corrected chi connectivity index (χ2v) is 5.59. The number of carbonyl (C=O) groups is 2. The molecule has 1 aromatic rings. The molecule has 0 saturated carbocycles. The monoisotopic (exact) mass is 293 g/mol. The lowest BCUT2D eigenvalue weighted by Gasteiger charge is -2.19. The number of ether oxygens (including phenoxy) is 1. The summed E-state index contributed by atoms with van der Waals surface area (Å²) < 4.78 is 10.6. The second-order valence-electron chi connectivity index (χ2n) is 5.59. The number of hydrogen-bond donors (Lipinski definition) is 0. The number of nitrogens with zero attached hydrogens (tertiary/aromatic N) is 1. The van der Waals surface area contributed by atoms with E-state index in [0.29, 0.717) is 17.1 Å². The number of furan rings is 1. The van der Waals surface area contributed by atoms with Crippen LogP contribution in [0.2, 0.25) is 0 Å². The van der Waals surface area contributed by atoms with E-state index < -0.39 is 5.97 Å². The number of carbonyl (C=O) groups excluding carboxylic acids is 2. The van der Waals surface area contributed by atoms with Crippen LogP contribution in [0.3, 0.4) is 0 Å². The van der Waals surface area contributed by atoms with E-state index in [1.807, 2.05) is 13.8 Å². The van der Waals surface area contributed by atoms with Gasteiger partial charge in [0.1, 0.15) is 17.1 Å². The molecule has 0 bridgehead atoms. The number of likely N-dealkylation sites (tertiary alicyclic amines) is 1. The summed E-state index contributed by atoms with van der Waals surface area (Å²) >= 11 is 0. The van der Waals surface area contributed by atoms with Crippen LogP contribution in [0.15, 0.2) is 4.42 Å². The predicted molar refractivity (Wildman–Crippen MR) is 78.2 cm³/mol. The Morgan fingerprint density at radius 3 is 2.19 bits per heavy atom. The van der Waals surface area contributed by atoms with Gasteiger partial charge in [-0.15, -0.1) is 0 Å². The normalized spacial score (nSPS) is 15.7. The van der Waals surface area contributed by atoms with Crippen molar-refractivity contribution in [1.29, 1.82) is 0 Å². The molecule has 0 unspecified atom stereocenters. The Morgan fingerprint density at radius 1 is 1.05 bits per heavy atom. The van der Waals surface area contributed by atoms with Gasteiger partial charge < -0.3 is 14.1 Å². The third kappa shape index (κ3) is 3.65. The van der Waals surface area contributed by atoms with Crippen LogP contribution in [0, 0.1) is 20.8 Å². The molecule has 5 nitrogen and oxygen atoms in total. The van der Waals surface area contributed by atoms with Gasteiger partial charge in [0, 0.05) is 18.7 Å². The minimum absolute atomic E-state index is 0.110. The number of hydrogen-bond acceptors (Lipinski definition) is 4. The van der Waals surface area contributed by atoms with E-state index in [9.17, 15) is 9.59 Å². The average molecular weight is 293 g/mol. The van der Waals surface area contributed by atoms with Crippen LogP contribution in [0.25, 0.3) is 0 Å². The van der Waals surface area contributed by atoms with Crippen LogP contribution >= 0.6 is 0 Å². The quantitative estimate of drug-likeness (QED) is 0.804. The van der Waals surface area contributed by atoms with E-state index in [-0.39, 0.29) is 12.5 Å². The zero-order valence-electron chi connectivity index (χ0n) is 13.0. The SMILES string of the molecule is Cc1oc(C)c(C(=O)OCC(=O)N2CCCCCC2)c1C. The van der Waals surface area contributed by atoms with Gasteiger partial charge >= 0.3 is 5.97 Å². The lowest BCUT2D eigenvalue weighted by molar-refractivity contribution is -0.134. The Balaban J connectivity index is 1.92. The molecule has 0 atom stereocenters. The summed E-state index contributed by atoms with van der Waals surface area (Å²) in [6.07, 6.45) is 4.38. The van der Waals surface area contributed by atoms with Crippen molar-refractivity contribution in [3.63, 3.8) is 0 Å². The fourth-order valence-electron chi connectivity index (χ4n) is 2.70. The molecular formula is C16H23NO4. The summed E-state index contributed by atoms with van der Waals surface area (Å²) in [6, 6.07) is 0. The fraction of sp³-hybridized carbons (Fsp3) is 0.625. The molecule has 116 valence electrons. The number of esters is 1. The number of amides is 1. The van der Waals surface area contributed by atoms with Crippen LogP contribution in [-0.4, -0.2) is 36.5 Å². The summed E-state index contributed by atoms with van der Waals surface area (Å²) in [5.74, 6) is 0.654. The molecule has 1 saturated heterocycles. The van der Waals surface area contributed by atoms with E-state index in [1.165, 1.54) is 0 Å². The molecule has 0 aliphatic carbocycles. The minimum Gasteiger partial charge on any atom is -0.465 e. The molecule has 1 aromatic heterocycles. The summed E-state index contributed by atoms with van der Waals surface area (Å²) in [7, 11) is 0. The van der Waals surface area contributed by atoms with Gasteiger partial charge in [0.25, 0.3) is 5.91 Å². The zero-order valence-corrected chi connectivity index (χ0v) is 13.0. The fourth-order valence-corrected chi connectivity index (χ4v) is 2.70. The minimum atomic E-state index is -0.481. The Hall–Kier alpha value is -1.78. The van der Waals surface area contributed by atoms with Gasteiger partial charge in [-0.3, -0.25) is 4.79 Å². The number of aryl methyl sites for hydroxylation is 2. The second kappa shape index (κ2) is 6.78. The summed E-state index contributed by atoms with van der Waals surface area (Å²) in [5.41, 5.74) is 1.22. The first-order chi connectivity index (χ1) is 10.0. The van der Waals surface area contributed by atoms with E-state index in [1.54, 1.807) is 11.8 Å². The van der Waals surface area contributed by atoms with Crippen molar-refractivity contribution in [2.24, 2.45) is 0 Å². The van der Waals surface area contributed by atoms with Gasteiger partial charge in [0.15, 0.2) is 6.61 Å². The molecule has 21 heavy (non-hydrogen) atoms. The molecule has 1 aliphatic rings. The maximum Gasteiger partial charge on any atom is 0.342 e. The first-order valence-corrected chi connectivity index (χ1v) is 7.52. The Labute approximate surface area is 125 Å². The molecule has 0 radical (unpaired) electrons. The van der Waals surface area contributed by atoms with Crippen molar-refractivity contribution in [3.8, 4) is 0 Å². The molecule has 2 rings (SSSR count). The largest absolute Gasteiger partial charge is 0.465 e. The highest BCUT2D eigenvalue weighted by atomic mass is 16.5. The summed E-state index contributed by atoms with van der Waals surface area (Å²) in [4.78, 5) is 26.0. The van der Waals surface area contributed by atoms with Crippen LogP contribution in [0.4, 0.5) is 0 Å². The molecule has 2 heterocycles. The third-order valence-corrected chi connectivity index (χ3v) is 4.05. The van der Waals surface area contributed by atoms with Gasteiger partial charge in [-0.2, -0.15) is 0 Å². The molecule has 5 heteroatoms. The smallest absolute Gasteiger partial charge is 0.342 e. The maximum absolute atomic E-state index is 12.1. The van der Waals surface area contributed by atoms with Crippen molar-refractivity contribution in [3.05, 3.63) is 22.6 Å². The van der Waals surface area contributed by atoms with Gasteiger partial charge in [0.2, 0.25) is 0 Å². The molecule has 1 amide bonds. The van der Waals surface area contributed by atoms with Crippen molar-refractivity contribution in [2.45, 2.75) is 46.5 Å². The van der Waals surface area contributed by atoms with Gasteiger partial charge in [-0.25, -0.2) is 4.79 Å². The molecule has 0 spiro atoms. The van der Waals surface area contributed by atoms with Crippen LogP contribution < -0.4 is 0 Å². The van der Waals surface area contributed by atoms with Crippen molar-refractivity contribution in [1.82, 2.24) is 4.90 Å². The molecular weight excluding hydrogens is 270 g/mol. The van der Waals surface area contributed by atoms with Crippen molar-refractivity contribution >= 4 is 11.9 Å². The van der Waals surface area contributed by atoms with Gasteiger partial charge in [0.05, 0.1) is 0 Å². The van der Waals surface area contributed by atoms with Crippen LogP contribution in [-0.2, 0) is 9.53 Å². The van der Waals surface area contributed by atoms with Gasteiger partial charge in [-0.1, -0.05) is 12.8 Å². The average Bonchev–Trinajstić information content (AvgIpc) is 2.67. The summed E-state index contributed by atoms with van der Waals surface area (Å²) in [5, 5.41) is 0. The van der Waals surface area contributed by atoms with Crippen LogP contribution in [0.1, 0.15) is 53.1 Å². The Bertz CT molecular complexity index is 525. The highest BCUT2D eigenvalue weighted by Crippen LogP contribution is 2.21. The van der Waals surface area contributed by atoms with Crippen molar-refractivity contribution in [2.75, 3.05) is 19.7 Å². The Kier molecular flexibility index (Phi) is 5.04. The van der Waals surface area contributed by atoms with E-state index in [2.05, 4.69) is 0 Å². The topological polar surface area (TPSA) is 59.8 Å². The Morgan fingerprint density at radius 2 is 1.67 bits per heavy atom. The zero-order chi connectivity index (χ0) is 15.4. The summed E-state index contributed by atoms with van der Waals surface area (Å²) in [6.45, 7) is 6.69. The first kappa shape index (κ1) is 15.6. The number of rotatable bonds is 3. The van der Waals surface area contributed by atoms with E-state index in [0.717, 1.165) is 44.3 Å².